The zero-order valence-corrected chi connectivity index (χ0v) is 20.8. The molecule has 0 bridgehead atoms. The number of urea groups is 1. The summed E-state index contributed by atoms with van der Waals surface area (Å²) in [6, 6.07) is 9.29. The van der Waals surface area contributed by atoms with Crippen LogP contribution in [0.15, 0.2) is 40.7 Å². The average molecular weight is 502 g/mol. The van der Waals surface area contributed by atoms with Gasteiger partial charge in [-0.05, 0) is 43.7 Å². The Labute approximate surface area is 207 Å². The van der Waals surface area contributed by atoms with Gasteiger partial charge in [-0.25, -0.2) is 9.79 Å². The van der Waals surface area contributed by atoms with E-state index in [1.807, 2.05) is 43.5 Å². The van der Waals surface area contributed by atoms with E-state index >= 15 is 0 Å². The van der Waals surface area contributed by atoms with Crippen molar-refractivity contribution in [1.82, 2.24) is 25.4 Å². The number of benzene rings is 1. The van der Waals surface area contributed by atoms with Crippen LogP contribution in [0.4, 0.5) is 16.3 Å². The van der Waals surface area contributed by atoms with E-state index in [0.717, 1.165) is 46.3 Å². The molecule has 4 rings (SSSR count). The third-order valence-electron chi connectivity index (χ3n) is 5.34. The quantitative estimate of drug-likeness (QED) is 0.517. The molecule has 9 nitrogen and oxygen atoms in total. The molecule has 11 heteroatoms. The summed E-state index contributed by atoms with van der Waals surface area (Å²) in [5.41, 5.74) is 3.48. The van der Waals surface area contributed by atoms with Crippen LogP contribution in [0.2, 0.25) is 5.02 Å². The number of thiazole rings is 1. The number of hydrogen-bond donors (Lipinski definition) is 2. The average Bonchev–Trinajstić information content (AvgIpc) is 3.21. The second kappa shape index (κ2) is 11.5. The van der Waals surface area contributed by atoms with Gasteiger partial charge in [-0.15, -0.1) is 21.5 Å². The number of halogens is 1. The SMILES string of the molecule is CCNC(=O)NCCn1c(-c2nnc(N3CCOCC3)cc2C)csc1=Nc1cccc(Cl)c1. The molecule has 2 aromatic heterocycles. The molecule has 0 spiro atoms. The molecule has 0 radical (unpaired) electrons. The van der Waals surface area contributed by atoms with Crippen LogP contribution in [0.3, 0.4) is 0 Å². The Morgan fingerprint density at radius 2 is 2.06 bits per heavy atom. The van der Waals surface area contributed by atoms with E-state index in [1.54, 1.807) is 0 Å². The Bertz CT molecular complexity index is 1200. The van der Waals surface area contributed by atoms with Crippen molar-refractivity contribution in [3.63, 3.8) is 0 Å². The maximum atomic E-state index is 11.9. The van der Waals surface area contributed by atoms with E-state index in [4.69, 9.17) is 21.3 Å². The lowest BCUT2D eigenvalue weighted by molar-refractivity contribution is 0.122. The third-order valence-corrected chi connectivity index (χ3v) is 6.44. The summed E-state index contributed by atoms with van der Waals surface area (Å²) in [5.74, 6) is 0.855. The second-order valence-corrected chi connectivity index (χ2v) is 9.04. The highest BCUT2D eigenvalue weighted by atomic mass is 35.5. The van der Waals surface area contributed by atoms with Gasteiger partial charge < -0.3 is 24.8 Å². The van der Waals surface area contributed by atoms with Crippen LogP contribution in [0.25, 0.3) is 11.4 Å². The van der Waals surface area contributed by atoms with E-state index in [9.17, 15) is 4.79 Å². The zero-order valence-electron chi connectivity index (χ0n) is 19.3. The third kappa shape index (κ3) is 5.94. The number of aromatic nitrogens is 3. The monoisotopic (exact) mass is 501 g/mol. The lowest BCUT2D eigenvalue weighted by Gasteiger charge is -2.27. The second-order valence-electron chi connectivity index (χ2n) is 7.77. The highest BCUT2D eigenvalue weighted by Gasteiger charge is 2.17. The van der Waals surface area contributed by atoms with Gasteiger partial charge in [0.2, 0.25) is 0 Å². The van der Waals surface area contributed by atoms with Crippen LogP contribution in [0, 0.1) is 6.92 Å². The number of amides is 2. The summed E-state index contributed by atoms with van der Waals surface area (Å²) in [5, 5.41) is 17.4. The molecular weight excluding hydrogens is 474 g/mol. The van der Waals surface area contributed by atoms with Gasteiger partial charge in [0, 0.05) is 43.1 Å². The molecule has 0 unspecified atom stereocenters. The first-order chi connectivity index (χ1) is 16.5. The van der Waals surface area contributed by atoms with Crippen LogP contribution in [0.1, 0.15) is 12.5 Å². The van der Waals surface area contributed by atoms with Gasteiger partial charge in [0.05, 0.1) is 24.6 Å². The maximum Gasteiger partial charge on any atom is 0.314 e. The van der Waals surface area contributed by atoms with Gasteiger partial charge in [0.1, 0.15) is 5.69 Å². The number of ether oxygens (including phenoxy) is 1. The van der Waals surface area contributed by atoms with Crippen LogP contribution in [-0.4, -0.2) is 60.2 Å². The minimum atomic E-state index is -0.195. The van der Waals surface area contributed by atoms with Crippen molar-refractivity contribution >= 4 is 40.5 Å². The molecule has 1 saturated heterocycles. The number of anilines is 1. The maximum absolute atomic E-state index is 11.9. The summed E-state index contributed by atoms with van der Waals surface area (Å²) in [6.07, 6.45) is 0. The van der Waals surface area contributed by atoms with E-state index < -0.39 is 0 Å². The van der Waals surface area contributed by atoms with Crippen molar-refractivity contribution in [1.29, 1.82) is 0 Å². The molecule has 0 saturated carbocycles. The molecule has 1 aromatic carbocycles. The Balaban J connectivity index is 1.67. The van der Waals surface area contributed by atoms with Crippen molar-refractivity contribution in [2.75, 3.05) is 44.3 Å². The van der Waals surface area contributed by atoms with E-state index in [-0.39, 0.29) is 6.03 Å². The van der Waals surface area contributed by atoms with Gasteiger partial charge in [0.25, 0.3) is 0 Å². The number of nitrogens with one attached hydrogen (secondary N) is 2. The molecule has 1 fully saturated rings. The Kier molecular flexibility index (Phi) is 8.15. The van der Waals surface area contributed by atoms with E-state index in [0.29, 0.717) is 37.9 Å². The van der Waals surface area contributed by atoms with Crippen molar-refractivity contribution in [2.45, 2.75) is 20.4 Å². The van der Waals surface area contributed by atoms with Crippen LogP contribution in [0.5, 0.6) is 0 Å². The van der Waals surface area contributed by atoms with Gasteiger partial charge in [-0.3, -0.25) is 0 Å². The van der Waals surface area contributed by atoms with Gasteiger partial charge in [0.15, 0.2) is 10.6 Å². The van der Waals surface area contributed by atoms with E-state index in [1.165, 1.54) is 11.3 Å². The molecule has 2 N–H and O–H groups in total. The molecule has 0 atom stereocenters. The molecule has 180 valence electrons. The smallest absolute Gasteiger partial charge is 0.314 e. The molecule has 3 heterocycles. The molecule has 1 aliphatic rings. The first-order valence-electron chi connectivity index (χ1n) is 11.2. The van der Waals surface area contributed by atoms with Crippen molar-refractivity contribution in [3.05, 3.63) is 51.1 Å². The highest BCUT2D eigenvalue weighted by Crippen LogP contribution is 2.25. The Morgan fingerprint density at radius 1 is 1.24 bits per heavy atom. The minimum absolute atomic E-state index is 0.195. The van der Waals surface area contributed by atoms with Crippen LogP contribution in [-0.2, 0) is 11.3 Å². The van der Waals surface area contributed by atoms with E-state index in [2.05, 4.69) is 36.4 Å². The van der Waals surface area contributed by atoms with Crippen molar-refractivity contribution < 1.29 is 9.53 Å². The summed E-state index contributed by atoms with van der Waals surface area (Å²) in [7, 11) is 0. The summed E-state index contributed by atoms with van der Waals surface area (Å²) >= 11 is 7.66. The normalized spacial score (nSPS) is 14.3. The Morgan fingerprint density at radius 3 is 2.79 bits per heavy atom. The molecule has 2 amide bonds. The molecule has 34 heavy (non-hydrogen) atoms. The molecular formula is C23H28ClN7O2S. The molecule has 1 aliphatic heterocycles. The molecule has 0 aliphatic carbocycles. The predicted octanol–water partition coefficient (Wildman–Crippen LogP) is 3.36. The van der Waals surface area contributed by atoms with Gasteiger partial charge >= 0.3 is 6.03 Å². The lowest BCUT2D eigenvalue weighted by Crippen LogP contribution is -2.38. The molecule has 3 aromatic rings. The van der Waals surface area contributed by atoms with Crippen LogP contribution >= 0.6 is 22.9 Å². The number of aryl methyl sites for hydroxylation is 1. The number of rotatable bonds is 7. The van der Waals surface area contributed by atoms with Crippen molar-refractivity contribution in [3.8, 4) is 11.4 Å². The predicted molar refractivity (Wildman–Crippen MR) is 135 cm³/mol. The van der Waals surface area contributed by atoms with Crippen LogP contribution < -0.4 is 20.3 Å². The number of hydrogen-bond acceptors (Lipinski definition) is 7. The topological polar surface area (TPSA) is 96.7 Å². The first-order valence-corrected chi connectivity index (χ1v) is 12.5. The fourth-order valence-corrected chi connectivity index (χ4v) is 4.77. The lowest BCUT2D eigenvalue weighted by atomic mass is 10.2. The largest absolute Gasteiger partial charge is 0.378 e. The van der Waals surface area contributed by atoms with Gasteiger partial charge in [-0.2, -0.15) is 0 Å². The van der Waals surface area contributed by atoms with Gasteiger partial charge in [-0.1, -0.05) is 17.7 Å². The summed E-state index contributed by atoms with van der Waals surface area (Å²) in [4.78, 5) is 19.7. The fraction of sp³-hybridized carbons (Fsp3) is 0.391. The Hall–Kier alpha value is -2.95. The fourth-order valence-electron chi connectivity index (χ4n) is 3.66. The van der Waals surface area contributed by atoms with Crippen molar-refractivity contribution in [2.24, 2.45) is 4.99 Å². The first kappa shape index (κ1) is 24.2. The number of nitrogens with zero attached hydrogens (tertiary/aromatic N) is 5. The zero-order chi connectivity index (χ0) is 23.9. The number of morpholine rings is 1. The highest BCUT2D eigenvalue weighted by molar-refractivity contribution is 7.07. The summed E-state index contributed by atoms with van der Waals surface area (Å²) < 4.78 is 7.50. The standard InChI is InChI=1S/C23H28ClN7O2S/c1-3-25-22(32)26-7-8-31-19(15-34-23(31)27-18-6-4-5-17(24)14-18)21-16(2)13-20(28-29-21)30-9-11-33-12-10-30/h4-6,13-15H,3,7-12H2,1-2H3,(H2,25,26,32). The summed E-state index contributed by atoms with van der Waals surface area (Å²) in [6.45, 7) is 8.47. The minimum Gasteiger partial charge on any atom is -0.378 e. The number of carbonyl (C=O) groups is 1. The number of carbonyl (C=O) groups excluding carboxylic acids is 1.